The summed E-state index contributed by atoms with van der Waals surface area (Å²) in [4.78, 5) is 10.5. The summed E-state index contributed by atoms with van der Waals surface area (Å²) in [7, 11) is 0. The molecule has 2 rings (SSSR count). The third kappa shape index (κ3) is 3.55. The maximum absolute atomic E-state index is 10.9. The van der Waals surface area contributed by atoms with E-state index < -0.39 is 4.92 Å². The molecule has 0 aliphatic rings. The van der Waals surface area contributed by atoms with E-state index in [1.807, 2.05) is 24.3 Å². The van der Waals surface area contributed by atoms with Crippen molar-refractivity contribution in [3.8, 4) is 5.75 Å². The van der Waals surface area contributed by atoms with Crippen molar-refractivity contribution in [3.63, 3.8) is 0 Å². The fourth-order valence-corrected chi connectivity index (χ4v) is 1.93. The molecule has 0 aromatic heterocycles. The molecule has 2 aromatic carbocycles. The van der Waals surface area contributed by atoms with Gasteiger partial charge in [-0.15, -0.1) is 0 Å². The Morgan fingerprint density at radius 2 is 1.95 bits per heavy atom. The van der Waals surface area contributed by atoms with Crippen LogP contribution < -0.4 is 10.5 Å². The van der Waals surface area contributed by atoms with E-state index in [4.69, 9.17) is 10.5 Å². The minimum atomic E-state index is -0.399. The topological polar surface area (TPSA) is 78.4 Å². The van der Waals surface area contributed by atoms with Crippen LogP contribution in [0.1, 0.15) is 11.1 Å². The largest absolute Gasteiger partial charge is 0.489 e. The smallest absolute Gasteiger partial charge is 0.276 e. The molecule has 2 N–H and O–H groups in total. The number of nitro benzene ring substituents is 1. The van der Waals surface area contributed by atoms with Crippen LogP contribution in [0.25, 0.3) is 0 Å². The van der Waals surface area contributed by atoms with Crippen LogP contribution in [0.15, 0.2) is 48.5 Å². The van der Waals surface area contributed by atoms with Crippen molar-refractivity contribution in [1.82, 2.24) is 0 Å². The van der Waals surface area contributed by atoms with Crippen LogP contribution in [0, 0.1) is 10.1 Å². The highest BCUT2D eigenvalue weighted by Gasteiger charge is 2.12. The number of ether oxygens (including phenoxy) is 1. The average molecular weight is 272 g/mol. The van der Waals surface area contributed by atoms with E-state index in [0.29, 0.717) is 17.9 Å². The first-order valence-corrected chi connectivity index (χ1v) is 6.35. The summed E-state index contributed by atoms with van der Waals surface area (Å²) in [6.45, 7) is 0.747. The fraction of sp³-hybridized carbons (Fsp3) is 0.200. The van der Waals surface area contributed by atoms with E-state index in [2.05, 4.69) is 0 Å². The lowest BCUT2D eigenvalue weighted by molar-refractivity contribution is -0.385. The molecule has 5 nitrogen and oxygen atoms in total. The maximum Gasteiger partial charge on any atom is 0.276 e. The summed E-state index contributed by atoms with van der Waals surface area (Å²) < 4.78 is 5.62. The van der Waals surface area contributed by atoms with Gasteiger partial charge in [-0.2, -0.15) is 0 Å². The standard InChI is InChI=1S/C15H16N2O3/c16-9-8-12-4-3-6-14(10-12)20-11-13-5-1-2-7-15(13)17(18)19/h1-7,10H,8-9,11,16H2. The number of para-hydroxylation sites is 1. The molecular formula is C15H16N2O3. The molecule has 0 fully saturated rings. The summed E-state index contributed by atoms with van der Waals surface area (Å²) in [6.07, 6.45) is 0.780. The first kappa shape index (κ1) is 14.0. The number of nitrogens with zero attached hydrogens (tertiary/aromatic N) is 1. The Morgan fingerprint density at radius 3 is 2.70 bits per heavy atom. The molecule has 0 unspecified atom stereocenters. The zero-order valence-corrected chi connectivity index (χ0v) is 11.0. The van der Waals surface area contributed by atoms with Crippen molar-refractivity contribution in [2.45, 2.75) is 13.0 Å². The third-order valence-corrected chi connectivity index (χ3v) is 2.91. The zero-order valence-electron chi connectivity index (χ0n) is 11.0. The van der Waals surface area contributed by atoms with Crippen LogP contribution in [0.3, 0.4) is 0 Å². The summed E-state index contributed by atoms with van der Waals surface area (Å²) >= 11 is 0. The van der Waals surface area contributed by atoms with Crippen LogP contribution in [-0.4, -0.2) is 11.5 Å². The van der Waals surface area contributed by atoms with E-state index in [-0.39, 0.29) is 12.3 Å². The lowest BCUT2D eigenvalue weighted by Gasteiger charge is -2.08. The normalized spacial score (nSPS) is 10.2. The highest BCUT2D eigenvalue weighted by atomic mass is 16.6. The summed E-state index contributed by atoms with van der Waals surface area (Å²) in [5.41, 5.74) is 7.24. The second kappa shape index (κ2) is 6.68. The van der Waals surface area contributed by atoms with Gasteiger partial charge < -0.3 is 10.5 Å². The van der Waals surface area contributed by atoms with Gasteiger partial charge in [0.1, 0.15) is 12.4 Å². The molecule has 0 saturated carbocycles. The van der Waals surface area contributed by atoms with Crippen molar-refractivity contribution < 1.29 is 9.66 Å². The van der Waals surface area contributed by atoms with Crippen molar-refractivity contribution in [1.29, 1.82) is 0 Å². The first-order valence-electron chi connectivity index (χ1n) is 6.35. The molecule has 0 spiro atoms. The van der Waals surface area contributed by atoms with Gasteiger partial charge in [0.05, 0.1) is 10.5 Å². The Balaban J connectivity index is 2.09. The Kier molecular flexibility index (Phi) is 4.68. The number of rotatable bonds is 6. The highest BCUT2D eigenvalue weighted by Crippen LogP contribution is 2.21. The molecule has 20 heavy (non-hydrogen) atoms. The average Bonchev–Trinajstić information content (AvgIpc) is 2.46. The Labute approximate surface area is 117 Å². The van der Waals surface area contributed by atoms with Gasteiger partial charge in [-0.3, -0.25) is 10.1 Å². The maximum atomic E-state index is 10.9. The van der Waals surface area contributed by atoms with Crippen molar-refractivity contribution in [2.24, 2.45) is 5.73 Å². The monoisotopic (exact) mass is 272 g/mol. The molecule has 0 aliphatic carbocycles. The Hall–Kier alpha value is -2.40. The molecule has 0 amide bonds. The van der Waals surface area contributed by atoms with E-state index in [1.165, 1.54) is 6.07 Å². The van der Waals surface area contributed by atoms with Crippen LogP contribution in [0.2, 0.25) is 0 Å². The molecular weight excluding hydrogens is 256 g/mol. The minimum absolute atomic E-state index is 0.0746. The molecule has 0 radical (unpaired) electrons. The van der Waals surface area contributed by atoms with E-state index >= 15 is 0 Å². The predicted octanol–water partition coefficient (Wildman–Crippen LogP) is 2.68. The van der Waals surface area contributed by atoms with Crippen LogP contribution in [0.5, 0.6) is 5.75 Å². The quantitative estimate of drug-likeness (QED) is 0.647. The molecule has 0 bridgehead atoms. The van der Waals surface area contributed by atoms with Gasteiger partial charge >= 0.3 is 0 Å². The molecule has 2 aromatic rings. The molecule has 0 aliphatic heterocycles. The minimum Gasteiger partial charge on any atom is -0.489 e. The zero-order chi connectivity index (χ0) is 14.4. The van der Waals surface area contributed by atoms with Crippen molar-refractivity contribution in [2.75, 3.05) is 6.54 Å². The molecule has 5 heteroatoms. The molecule has 0 heterocycles. The van der Waals surface area contributed by atoms with Gasteiger partial charge in [-0.1, -0.05) is 24.3 Å². The number of nitrogens with two attached hydrogens (primary N) is 1. The van der Waals surface area contributed by atoms with Gasteiger partial charge in [0.15, 0.2) is 0 Å². The predicted molar refractivity (Wildman–Crippen MR) is 76.6 cm³/mol. The Bertz CT molecular complexity index is 599. The van der Waals surface area contributed by atoms with Gasteiger partial charge in [-0.05, 0) is 36.7 Å². The van der Waals surface area contributed by atoms with Gasteiger partial charge in [0.25, 0.3) is 5.69 Å². The fourth-order valence-electron chi connectivity index (χ4n) is 1.93. The number of nitro groups is 1. The van der Waals surface area contributed by atoms with Gasteiger partial charge in [0, 0.05) is 6.07 Å². The van der Waals surface area contributed by atoms with Crippen LogP contribution in [0.4, 0.5) is 5.69 Å². The van der Waals surface area contributed by atoms with Crippen molar-refractivity contribution >= 4 is 5.69 Å². The van der Waals surface area contributed by atoms with Crippen molar-refractivity contribution in [3.05, 3.63) is 69.8 Å². The number of hydrogen-bond donors (Lipinski definition) is 1. The Morgan fingerprint density at radius 1 is 1.15 bits per heavy atom. The van der Waals surface area contributed by atoms with E-state index in [0.717, 1.165) is 12.0 Å². The van der Waals surface area contributed by atoms with Crippen LogP contribution in [-0.2, 0) is 13.0 Å². The lowest BCUT2D eigenvalue weighted by atomic mass is 10.1. The van der Waals surface area contributed by atoms with Gasteiger partial charge in [0.2, 0.25) is 0 Å². The van der Waals surface area contributed by atoms with Gasteiger partial charge in [-0.25, -0.2) is 0 Å². The lowest BCUT2D eigenvalue weighted by Crippen LogP contribution is -2.03. The highest BCUT2D eigenvalue weighted by molar-refractivity contribution is 5.39. The number of hydrogen-bond acceptors (Lipinski definition) is 4. The first-order chi connectivity index (χ1) is 9.70. The molecule has 0 atom stereocenters. The second-order valence-corrected chi connectivity index (χ2v) is 4.36. The SMILES string of the molecule is NCCc1cccc(OCc2ccccc2[N+](=O)[O-])c1. The third-order valence-electron chi connectivity index (χ3n) is 2.91. The van der Waals surface area contributed by atoms with Crippen LogP contribution >= 0.6 is 0 Å². The summed E-state index contributed by atoms with van der Waals surface area (Å²) in [5, 5.41) is 10.9. The second-order valence-electron chi connectivity index (χ2n) is 4.36. The van der Waals surface area contributed by atoms with E-state index in [1.54, 1.807) is 18.2 Å². The summed E-state index contributed by atoms with van der Waals surface area (Å²) in [6, 6.07) is 14.2. The molecule has 104 valence electrons. The summed E-state index contributed by atoms with van der Waals surface area (Å²) in [5.74, 6) is 0.689. The molecule has 0 saturated heterocycles. The number of benzene rings is 2. The van der Waals surface area contributed by atoms with E-state index in [9.17, 15) is 10.1 Å².